The molecule has 2 aromatic rings. The fourth-order valence-corrected chi connectivity index (χ4v) is 2.07. The molecule has 0 bridgehead atoms. The number of halogens is 2. The zero-order valence-corrected chi connectivity index (χ0v) is 8.19. The molecule has 0 saturated heterocycles. The summed E-state index contributed by atoms with van der Waals surface area (Å²) in [5.41, 5.74) is 0. The number of rotatable bonds is 1. The number of hydrogen-bond acceptors (Lipinski definition) is 3. The second kappa shape index (κ2) is 3.18. The maximum absolute atomic E-state index is 12.9. The van der Waals surface area contributed by atoms with Gasteiger partial charge in [-0.15, -0.1) is 11.3 Å². The van der Waals surface area contributed by atoms with Crippen LogP contribution >= 0.6 is 22.9 Å². The van der Waals surface area contributed by atoms with Crippen LogP contribution in [0, 0.1) is 5.82 Å². The van der Waals surface area contributed by atoms with Crippen molar-refractivity contribution in [2.24, 2.45) is 0 Å². The Bertz CT molecular complexity index is 486. The number of carboxylic acid groups (broad SMARTS) is 1. The van der Waals surface area contributed by atoms with Gasteiger partial charge >= 0.3 is 5.97 Å². The molecule has 0 aliphatic carbocycles. The highest BCUT2D eigenvalue weighted by Gasteiger charge is 2.11. The first-order chi connectivity index (χ1) is 6.58. The van der Waals surface area contributed by atoms with Crippen LogP contribution in [-0.2, 0) is 0 Å². The largest absolute Gasteiger partial charge is 0.477 e. The molecule has 2 aromatic heterocycles. The average molecular weight is 232 g/mol. The van der Waals surface area contributed by atoms with E-state index in [2.05, 4.69) is 4.98 Å². The van der Waals surface area contributed by atoms with Gasteiger partial charge in [-0.2, -0.15) is 0 Å². The van der Waals surface area contributed by atoms with Crippen LogP contribution in [0.2, 0.25) is 5.15 Å². The van der Waals surface area contributed by atoms with Crippen LogP contribution in [-0.4, -0.2) is 16.1 Å². The number of carbonyl (C=O) groups is 1. The lowest BCUT2D eigenvalue weighted by Gasteiger charge is -1.91. The summed E-state index contributed by atoms with van der Waals surface area (Å²) in [7, 11) is 0. The highest BCUT2D eigenvalue weighted by atomic mass is 35.5. The van der Waals surface area contributed by atoms with E-state index in [1.807, 2.05) is 0 Å². The molecule has 0 saturated carbocycles. The van der Waals surface area contributed by atoms with Crippen molar-refractivity contribution >= 4 is 39.1 Å². The minimum absolute atomic E-state index is 0.120. The van der Waals surface area contributed by atoms with Gasteiger partial charge in [-0.05, 0) is 12.1 Å². The molecule has 2 rings (SSSR count). The summed E-state index contributed by atoms with van der Waals surface area (Å²) in [4.78, 5) is 14.9. The Morgan fingerprint density at radius 1 is 1.57 bits per heavy atom. The van der Waals surface area contributed by atoms with Gasteiger partial charge in [0.05, 0.1) is 0 Å². The first kappa shape index (κ1) is 9.36. The number of nitrogens with zero attached hydrogens (tertiary/aromatic N) is 1. The van der Waals surface area contributed by atoms with Crippen molar-refractivity contribution in [2.45, 2.75) is 0 Å². The third-order valence-corrected chi connectivity index (χ3v) is 2.93. The molecule has 2 heterocycles. The maximum atomic E-state index is 12.9. The minimum Gasteiger partial charge on any atom is -0.477 e. The molecule has 0 atom stereocenters. The zero-order valence-electron chi connectivity index (χ0n) is 6.62. The smallest absolute Gasteiger partial charge is 0.345 e. The Morgan fingerprint density at radius 3 is 2.93 bits per heavy atom. The van der Waals surface area contributed by atoms with Gasteiger partial charge in [0.1, 0.15) is 9.71 Å². The van der Waals surface area contributed by atoms with Crippen molar-refractivity contribution in [3.05, 3.63) is 28.0 Å². The lowest BCUT2D eigenvalue weighted by Crippen LogP contribution is -1.89. The van der Waals surface area contributed by atoms with Crippen LogP contribution < -0.4 is 0 Å². The number of fused-ring (bicyclic) bond motifs is 1. The van der Waals surface area contributed by atoms with Crippen LogP contribution in [0.4, 0.5) is 4.39 Å². The molecule has 3 nitrogen and oxygen atoms in total. The Kier molecular flexibility index (Phi) is 2.13. The Labute approximate surface area is 86.8 Å². The van der Waals surface area contributed by atoms with E-state index in [0.717, 1.165) is 11.3 Å². The van der Waals surface area contributed by atoms with Crippen molar-refractivity contribution < 1.29 is 14.3 Å². The van der Waals surface area contributed by atoms with E-state index in [9.17, 15) is 9.18 Å². The van der Waals surface area contributed by atoms with E-state index in [1.165, 1.54) is 12.1 Å². The number of aromatic nitrogens is 1. The van der Waals surface area contributed by atoms with Gasteiger partial charge in [-0.1, -0.05) is 11.6 Å². The summed E-state index contributed by atoms with van der Waals surface area (Å²) >= 11 is 6.42. The van der Waals surface area contributed by atoms with Crippen molar-refractivity contribution in [3.8, 4) is 0 Å². The van der Waals surface area contributed by atoms with Crippen LogP contribution in [0.1, 0.15) is 9.67 Å². The van der Waals surface area contributed by atoms with Gasteiger partial charge in [-0.3, -0.25) is 0 Å². The van der Waals surface area contributed by atoms with Gasteiger partial charge in [0.15, 0.2) is 11.0 Å². The predicted octanol–water partition coefficient (Wildman–Crippen LogP) is 2.79. The highest BCUT2D eigenvalue weighted by Crippen LogP contribution is 2.27. The Hall–Kier alpha value is -1.20. The fraction of sp³-hybridized carbons (Fsp3) is 0. The molecule has 0 spiro atoms. The van der Waals surface area contributed by atoms with E-state index < -0.39 is 11.8 Å². The maximum Gasteiger partial charge on any atom is 0.345 e. The molecule has 0 amide bonds. The van der Waals surface area contributed by atoms with Crippen LogP contribution in [0.3, 0.4) is 0 Å². The van der Waals surface area contributed by atoms with Crippen LogP contribution in [0.5, 0.6) is 0 Å². The summed E-state index contributed by atoms with van der Waals surface area (Å²) in [6.45, 7) is 0. The second-order valence-corrected chi connectivity index (χ2v) is 3.96. The molecule has 0 unspecified atom stereocenters. The average Bonchev–Trinajstić information content (AvgIpc) is 2.48. The van der Waals surface area contributed by atoms with Gasteiger partial charge in [0.25, 0.3) is 0 Å². The second-order valence-electron chi connectivity index (χ2n) is 2.57. The summed E-state index contributed by atoms with van der Waals surface area (Å²) in [5, 5.41) is 8.89. The van der Waals surface area contributed by atoms with Crippen molar-refractivity contribution in [1.82, 2.24) is 4.98 Å². The molecule has 0 fully saturated rings. The first-order valence-electron chi connectivity index (χ1n) is 3.57. The molecule has 0 aliphatic rings. The summed E-state index contributed by atoms with van der Waals surface area (Å²) in [5.74, 6) is -1.70. The first-order valence-corrected chi connectivity index (χ1v) is 4.76. The van der Waals surface area contributed by atoms with Gasteiger partial charge in [0, 0.05) is 5.39 Å². The number of thiophene rings is 1. The normalized spacial score (nSPS) is 10.7. The number of aromatic carboxylic acids is 1. The number of hydrogen-bond donors (Lipinski definition) is 1. The van der Waals surface area contributed by atoms with Crippen molar-refractivity contribution in [3.63, 3.8) is 0 Å². The van der Waals surface area contributed by atoms with Crippen LogP contribution in [0.25, 0.3) is 10.2 Å². The third-order valence-electron chi connectivity index (χ3n) is 1.63. The summed E-state index contributed by atoms with van der Waals surface area (Å²) < 4.78 is 12.9. The molecular weight excluding hydrogens is 229 g/mol. The monoisotopic (exact) mass is 231 g/mol. The topological polar surface area (TPSA) is 50.2 Å². The van der Waals surface area contributed by atoms with E-state index in [-0.39, 0.29) is 10.0 Å². The quantitative estimate of drug-likeness (QED) is 0.768. The van der Waals surface area contributed by atoms with Crippen molar-refractivity contribution in [1.29, 1.82) is 0 Å². The molecule has 6 heteroatoms. The molecule has 0 aliphatic heterocycles. The Balaban J connectivity index is 2.72. The van der Waals surface area contributed by atoms with E-state index in [1.54, 1.807) is 0 Å². The number of carboxylic acids is 1. The highest BCUT2D eigenvalue weighted by molar-refractivity contribution is 7.20. The van der Waals surface area contributed by atoms with Crippen LogP contribution in [0.15, 0.2) is 12.1 Å². The SMILES string of the molecule is O=C(O)c1cc2cc(F)c(Cl)nc2s1. The molecule has 1 N–H and O–H groups in total. The van der Waals surface area contributed by atoms with Gasteiger partial charge in [0.2, 0.25) is 0 Å². The molecule has 0 aromatic carbocycles. The van der Waals surface area contributed by atoms with Gasteiger partial charge in [-0.25, -0.2) is 14.2 Å². The standard InChI is InChI=1S/C8H3ClFNO2S/c9-6-4(10)1-3-2-5(8(12)13)14-7(3)11-6/h1-2H,(H,12,13). The van der Waals surface area contributed by atoms with E-state index in [0.29, 0.717) is 10.2 Å². The lowest BCUT2D eigenvalue weighted by molar-refractivity contribution is 0.0702. The van der Waals surface area contributed by atoms with E-state index >= 15 is 0 Å². The lowest BCUT2D eigenvalue weighted by atomic mass is 10.3. The summed E-state index contributed by atoms with van der Waals surface area (Å²) in [6.07, 6.45) is 0. The minimum atomic E-state index is -1.05. The van der Waals surface area contributed by atoms with E-state index in [4.69, 9.17) is 16.7 Å². The zero-order chi connectivity index (χ0) is 10.3. The number of pyridine rings is 1. The molecule has 14 heavy (non-hydrogen) atoms. The predicted molar refractivity (Wildman–Crippen MR) is 51.5 cm³/mol. The van der Waals surface area contributed by atoms with Crippen molar-refractivity contribution in [2.75, 3.05) is 0 Å². The van der Waals surface area contributed by atoms with Gasteiger partial charge < -0.3 is 5.11 Å². The molecule has 72 valence electrons. The fourth-order valence-electron chi connectivity index (χ4n) is 1.03. The summed E-state index contributed by atoms with van der Waals surface area (Å²) in [6, 6.07) is 2.54. The third kappa shape index (κ3) is 1.44. The Morgan fingerprint density at radius 2 is 2.29 bits per heavy atom. The molecular formula is C8H3ClFNO2S. The molecule has 0 radical (unpaired) electrons.